The third kappa shape index (κ3) is 4.89. The number of carbonyl (C=O) groups excluding carboxylic acids is 1. The van der Waals surface area contributed by atoms with Gasteiger partial charge < -0.3 is 5.32 Å². The molecule has 5 nitrogen and oxygen atoms in total. The molecule has 1 saturated heterocycles. The molecule has 1 aromatic carbocycles. The Bertz CT molecular complexity index is 692. The fourth-order valence-corrected chi connectivity index (χ4v) is 3.30. The molecular formula is C19H25FN4O. The molecule has 2 aromatic rings. The van der Waals surface area contributed by atoms with E-state index in [0.29, 0.717) is 19.5 Å². The Morgan fingerprint density at radius 3 is 2.64 bits per heavy atom. The molecule has 0 radical (unpaired) electrons. The molecule has 1 fully saturated rings. The number of rotatable bonds is 7. The summed E-state index contributed by atoms with van der Waals surface area (Å²) in [6.07, 6.45) is 6.46. The van der Waals surface area contributed by atoms with E-state index in [2.05, 4.69) is 15.3 Å². The van der Waals surface area contributed by atoms with Crippen LogP contribution in [-0.4, -0.2) is 40.2 Å². The van der Waals surface area contributed by atoms with Crippen LogP contribution >= 0.6 is 0 Å². The first kappa shape index (κ1) is 17.6. The zero-order valence-corrected chi connectivity index (χ0v) is 14.6. The first-order valence-corrected chi connectivity index (χ1v) is 8.87. The molecule has 0 unspecified atom stereocenters. The van der Waals surface area contributed by atoms with Gasteiger partial charge in [0.15, 0.2) is 0 Å². The van der Waals surface area contributed by atoms with Gasteiger partial charge >= 0.3 is 0 Å². The van der Waals surface area contributed by atoms with E-state index in [1.54, 1.807) is 10.9 Å². The van der Waals surface area contributed by atoms with Gasteiger partial charge in [0.25, 0.3) is 0 Å². The van der Waals surface area contributed by atoms with Gasteiger partial charge in [-0.2, -0.15) is 5.10 Å². The van der Waals surface area contributed by atoms with E-state index in [0.717, 1.165) is 24.2 Å². The molecule has 0 aliphatic carbocycles. The van der Waals surface area contributed by atoms with Crippen LogP contribution in [-0.2, 0) is 11.3 Å². The average Bonchev–Trinajstić information content (AvgIpc) is 3.27. The molecule has 6 heteroatoms. The second-order valence-electron chi connectivity index (χ2n) is 6.65. The number of benzene rings is 1. The van der Waals surface area contributed by atoms with Crippen molar-refractivity contribution in [1.29, 1.82) is 0 Å². The summed E-state index contributed by atoms with van der Waals surface area (Å²) >= 11 is 0. The van der Waals surface area contributed by atoms with Gasteiger partial charge in [-0.25, -0.2) is 4.39 Å². The SMILES string of the molecule is Cc1cnn(CCC(=O)NC[C@H](c2ccc(F)cc2)N2CCCC2)c1. The predicted octanol–water partition coefficient (Wildman–Crippen LogP) is 2.67. The fourth-order valence-electron chi connectivity index (χ4n) is 3.30. The molecule has 3 rings (SSSR count). The quantitative estimate of drug-likeness (QED) is 0.840. The number of hydrogen-bond donors (Lipinski definition) is 1. The molecule has 1 atom stereocenters. The van der Waals surface area contributed by atoms with E-state index in [1.165, 1.54) is 25.0 Å². The van der Waals surface area contributed by atoms with Crippen molar-refractivity contribution in [3.63, 3.8) is 0 Å². The summed E-state index contributed by atoms with van der Waals surface area (Å²) in [4.78, 5) is 14.6. The van der Waals surface area contributed by atoms with E-state index in [-0.39, 0.29) is 17.8 Å². The number of nitrogens with zero attached hydrogens (tertiary/aromatic N) is 3. The molecule has 134 valence electrons. The van der Waals surface area contributed by atoms with E-state index >= 15 is 0 Å². The van der Waals surface area contributed by atoms with Crippen molar-refractivity contribution in [2.75, 3.05) is 19.6 Å². The maximum atomic E-state index is 13.2. The van der Waals surface area contributed by atoms with Crippen molar-refractivity contribution in [2.24, 2.45) is 0 Å². The zero-order valence-electron chi connectivity index (χ0n) is 14.6. The number of aromatic nitrogens is 2. The summed E-state index contributed by atoms with van der Waals surface area (Å²) in [5, 5.41) is 7.23. The van der Waals surface area contributed by atoms with Crippen molar-refractivity contribution in [3.8, 4) is 0 Å². The van der Waals surface area contributed by atoms with Crippen LogP contribution in [0.15, 0.2) is 36.7 Å². The van der Waals surface area contributed by atoms with Crippen LogP contribution < -0.4 is 5.32 Å². The van der Waals surface area contributed by atoms with E-state index < -0.39 is 0 Å². The normalized spacial score (nSPS) is 16.1. The minimum Gasteiger partial charge on any atom is -0.354 e. The summed E-state index contributed by atoms with van der Waals surface area (Å²) in [5.74, 6) is -0.220. The van der Waals surface area contributed by atoms with Crippen molar-refractivity contribution in [1.82, 2.24) is 20.0 Å². The van der Waals surface area contributed by atoms with Gasteiger partial charge in [-0.05, 0) is 56.1 Å². The highest BCUT2D eigenvalue weighted by Gasteiger charge is 2.23. The van der Waals surface area contributed by atoms with Gasteiger partial charge in [0.1, 0.15) is 5.82 Å². The molecule has 1 amide bonds. The summed E-state index contributed by atoms with van der Waals surface area (Å²) in [7, 11) is 0. The summed E-state index contributed by atoms with van der Waals surface area (Å²) in [5.41, 5.74) is 2.14. The third-order valence-corrected chi connectivity index (χ3v) is 4.66. The lowest BCUT2D eigenvalue weighted by molar-refractivity contribution is -0.121. The van der Waals surface area contributed by atoms with Crippen molar-refractivity contribution in [3.05, 3.63) is 53.6 Å². The average molecular weight is 344 g/mol. The molecule has 0 saturated carbocycles. The largest absolute Gasteiger partial charge is 0.354 e. The molecular weight excluding hydrogens is 319 g/mol. The van der Waals surface area contributed by atoms with Crippen molar-refractivity contribution >= 4 is 5.91 Å². The van der Waals surface area contributed by atoms with Gasteiger partial charge in [0.2, 0.25) is 5.91 Å². The highest BCUT2D eigenvalue weighted by atomic mass is 19.1. The monoisotopic (exact) mass is 344 g/mol. The molecule has 1 aliphatic rings. The highest BCUT2D eigenvalue weighted by Crippen LogP contribution is 2.24. The van der Waals surface area contributed by atoms with E-state index in [4.69, 9.17) is 0 Å². The number of likely N-dealkylation sites (tertiary alicyclic amines) is 1. The minimum absolute atomic E-state index is 0.0134. The Balaban J connectivity index is 1.56. The van der Waals surface area contributed by atoms with Crippen LogP contribution in [0.4, 0.5) is 4.39 Å². The smallest absolute Gasteiger partial charge is 0.221 e. The molecule has 1 N–H and O–H groups in total. The van der Waals surface area contributed by atoms with Crippen LogP contribution in [0.2, 0.25) is 0 Å². The van der Waals surface area contributed by atoms with Gasteiger partial charge in [-0.15, -0.1) is 0 Å². The Labute approximate surface area is 147 Å². The molecule has 1 aliphatic heterocycles. The molecule has 0 bridgehead atoms. The number of halogens is 1. The Morgan fingerprint density at radius 1 is 1.28 bits per heavy atom. The lowest BCUT2D eigenvalue weighted by Crippen LogP contribution is -2.37. The molecule has 0 spiro atoms. The number of aryl methyl sites for hydroxylation is 2. The highest BCUT2D eigenvalue weighted by molar-refractivity contribution is 5.75. The Kier molecular flexibility index (Phi) is 5.81. The Hall–Kier alpha value is -2.21. The van der Waals surface area contributed by atoms with Gasteiger partial charge in [-0.1, -0.05) is 12.1 Å². The van der Waals surface area contributed by atoms with Crippen LogP contribution in [0.3, 0.4) is 0 Å². The minimum atomic E-state index is -0.234. The molecule has 1 aromatic heterocycles. The second-order valence-corrected chi connectivity index (χ2v) is 6.65. The van der Waals surface area contributed by atoms with Crippen LogP contribution in [0.1, 0.15) is 36.4 Å². The number of nitrogens with one attached hydrogen (secondary N) is 1. The molecule has 25 heavy (non-hydrogen) atoms. The molecule has 2 heterocycles. The number of carbonyl (C=O) groups is 1. The lowest BCUT2D eigenvalue weighted by atomic mass is 10.1. The van der Waals surface area contributed by atoms with Crippen molar-refractivity contribution in [2.45, 2.75) is 38.8 Å². The Morgan fingerprint density at radius 2 is 2.00 bits per heavy atom. The summed E-state index contributed by atoms with van der Waals surface area (Å²) in [6.45, 7) is 5.13. The predicted molar refractivity (Wildman–Crippen MR) is 94.5 cm³/mol. The van der Waals surface area contributed by atoms with Gasteiger partial charge in [0.05, 0.1) is 12.2 Å². The third-order valence-electron chi connectivity index (χ3n) is 4.66. The van der Waals surface area contributed by atoms with E-state index in [1.807, 2.05) is 25.3 Å². The second kappa shape index (κ2) is 8.25. The standard InChI is InChI=1S/C19H25FN4O/c1-15-12-22-24(14-15)11-8-19(25)21-13-18(23-9-2-3-10-23)16-4-6-17(20)7-5-16/h4-7,12,14,18H,2-3,8-11,13H2,1H3,(H,21,25)/t18-/m1/s1. The van der Waals surface area contributed by atoms with Gasteiger partial charge in [-0.3, -0.25) is 14.4 Å². The maximum Gasteiger partial charge on any atom is 0.221 e. The number of hydrogen-bond acceptors (Lipinski definition) is 3. The first-order chi connectivity index (χ1) is 12.1. The van der Waals surface area contributed by atoms with Crippen LogP contribution in [0.25, 0.3) is 0 Å². The first-order valence-electron chi connectivity index (χ1n) is 8.87. The van der Waals surface area contributed by atoms with Gasteiger partial charge in [0, 0.05) is 25.7 Å². The van der Waals surface area contributed by atoms with E-state index in [9.17, 15) is 9.18 Å². The fraction of sp³-hybridized carbons (Fsp3) is 0.474. The summed E-state index contributed by atoms with van der Waals surface area (Å²) in [6, 6.07) is 6.70. The lowest BCUT2D eigenvalue weighted by Gasteiger charge is -2.28. The van der Waals surface area contributed by atoms with Crippen molar-refractivity contribution < 1.29 is 9.18 Å². The zero-order chi connectivity index (χ0) is 17.6. The van der Waals surface area contributed by atoms with Crippen LogP contribution in [0, 0.1) is 12.7 Å². The topological polar surface area (TPSA) is 50.2 Å². The van der Waals surface area contributed by atoms with Crippen LogP contribution in [0.5, 0.6) is 0 Å². The number of amides is 1. The summed E-state index contributed by atoms with van der Waals surface area (Å²) < 4.78 is 15.0. The maximum absolute atomic E-state index is 13.2.